The lowest BCUT2D eigenvalue weighted by molar-refractivity contribution is -0.119. The van der Waals surface area contributed by atoms with Gasteiger partial charge in [-0.25, -0.2) is 4.68 Å². The van der Waals surface area contributed by atoms with Gasteiger partial charge in [0.25, 0.3) is 5.56 Å². The lowest BCUT2D eigenvalue weighted by Gasteiger charge is -2.23. The maximum atomic E-state index is 13.8. The highest BCUT2D eigenvalue weighted by atomic mass is 16.5. The molecule has 0 saturated heterocycles. The highest BCUT2D eigenvalue weighted by Gasteiger charge is 2.21. The highest BCUT2D eigenvalue weighted by Crippen LogP contribution is 2.32. The van der Waals surface area contributed by atoms with Crippen LogP contribution in [0, 0.1) is 11.3 Å². The number of likely N-dealkylation sites (N-methyl/N-ethyl adjacent to an activating group) is 1. The Hall–Kier alpha value is -4.77. The number of amides is 1. The minimum Gasteiger partial charge on any atom is -0.490 e. The Morgan fingerprint density at radius 1 is 1.07 bits per heavy atom. The summed E-state index contributed by atoms with van der Waals surface area (Å²) < 4.78 is 7.49. The Balaban J connectivity index is 1.38. The van der Waals surface area contributed by atoms with E-state index >= 15 is 0 Å². The molecule has 2 aliphatic rings. The predicted octanol–water partition coefficient (Wildman–Crippen LogP) is 5.96. The van der Waals surface area contributed by atoms with Crippen molar-refractivity contribution in [3.63, 3.8) is 0 Å². The zero-order chi connectivity index (χ0) is 28.5. The van der Waals surface area contributed by atoms with E-state index in [4.69, 9.17) is 4.74 Å². The standard InChI is InChI=1S/C33H31N5O3/c1-21-15-24-17-25(11-14-30(24)35-21)37(2)31(39)20-38-33(40)29-18-27(41-26-9-4-3-5-10-26)12-13-28(29)32(36-38)23-8-6-7-22(16-23)19-34/h6-8,11-14,16-18,26H,3-5,9-10,15,20H2,1-2H3. The minimum absolute atomic E-state index is 0.133. The third-order valence-electron chi connectivity index (χ3n) is 7.92. The van der Waals surface area contributed by atoms with Gasteiger partial charge < -0.3 is 9.64 Å². The van der Waals surface area contributed by atoms with Crippen LogP contribution >= 0.6 is 0 Å². The first-order valence-electron chi connectivity index (χ1n) is 14.1. The van der Waals surface area contributed by atoms with E-state index in [2.05, 4.69) is 16.2 Å². The number of ether oxygens (including phenoxy) is 1. The molecule has 0 radical (unpaired) electrons. The number of carbonyl (C=O) groups is 1. The monoisotopic (exact) mass is 545 g/mol. The molecule has 1 amide bonds. The smallest absolute Gasteiger partial charge is 0.275 e. The average molecular weight is 546 g/mol. The molecule has 206 valence electrons. The third kappa shape index (κ3) is 5.36. The molecule has 41 heavy (non-hydrogen) atoms. The van der Waals surface area contributed by atoms with E-state index in [-0.39, 0.29) is 24.1 Å². The summed E-state index contributed by atoms with van der Waals surface area (Å²) in [5, 5.41) is 15.2. The number of carbonyl (C=O) groups excluding carboxylic acids is 1. The van der Waals surface area contributed by atoms with E-state index < -0.39 is 0 Å². The van der Waals surface area contributed by atoms with Crippen molar-refractivity contribution in [1.82, 2.24) is 9.78 Å². The molecule has 1 aromatic heterocycles. The lowest BCUT2D eigenvalue weighted by Crippen LogP contribution is -2.35. The van der Waals surface area contributed by atoms with E-state index in [0.717, 1.165) is 54.8 Å². The van der Waals surface area contributed by atoms with Crippen molar-refractivity contribution in [2.45, 2.75) is 58.1 Å². The number of hydrogen-bond acceptors (Lipinski definition) is 6. The summed E-state index contributed by atoms with van der Waals surface area (Å²) >= 11 is 0. The first kappa shape index (κ1) is 26.5. The molecule has 0 spiro atoms. The quantitative estimate of drug-likeness (QED) is 0.298. The van der Waals surface area contributed by atoms with E-state index in [1.54, 1.807) is 36.2 Å². The number of anilines is 1. The van der Waals surface area contributed by atoms with Crippen molar-refractivity contribution >= 4 is 33.8 Å². The Kier molecular flexibility index (Phi) is 7.10. The molecular formula is C33H31N5O3. The first-order chi connectivity index (χ1) is 19.9. The molecule has 0 unspecified atom stereocenters. The Bertz CT molecular complexity index is 1790. The summed E-state index contributed by atoms with van der Waals surface area (Å²) in [7, 11) is 1.70. The molecular weight excluding hydrogens is 514 g/mol. The number of aliphatic imine (C=N–C) groups is 1. The maximum absolute atomic E-state index is 13.8. The van der Waals surface area contributed by atoms with Gasteiger partial charge in [-0.15, -0.1) is 0 Å². The number of benzene rings is 3. The molecule has 0 N–H and O–H groups in total. The van der Waals surface area contributed by atoms with Crippen molar-refractivity contribution in [3.05, 3.63) is 82.1 Å². The van der Waals surface area contributed by atoms with Crippen LogP contribution in [0.4, 0.5) is 11.4 Å². The molecule has 1 aliphatic carbocycles. The normalized spacial score (nSPS) is 14.8. The number of nitrogens with zero attached hydrogens (tertiary/aromatic N) is 5. The summed E-state index contributed by atoms with van der Waals surface area (Å²) in [5.74, 6) is 0.357. The first-order valence-corrected chi connectivity index (χ1v) is 14.1. The lowest BCUT2D eigenvalue weighted by atomic mass is 9.97. The maximum Gasteiger partial charge on any atom is 0.275 e. The second-order valence-electron chi connectivity index (χ2n) is 10.9. The largest absolute Gasteiger partial charge is 0.490 e. The number of nitriles is 1. The number of hydrogen-bond donors (Lipinski definition) is 0. The number of rotatable bonds is 6. The van der Waals surface area contributed by atoms with Gasteiger partial charge >= 0.3 is 0 Å². The molecule has 3 aromatic carbocycles. The van der Waals surface area contributed by atoms with Gasteiger partial charge in [-0.2, -0.15) is 10.4 Å². The second-order valence-corrected chi connectivity index (χ2v) is 10.9. The molecule has 8 heteroatoms. The van der Waals surface area contributed by atoms with Gasteiger partial charge in [-0.3, -0.25) is 14.6 Å². The molecule has 0 atom stereocenters. The van der Waals surface area contributed by atoms with Crippen molar-refractivity contribution in [3.8, 4) is 23.1 Å². The van der Waals surface area contributed by atoms with Crippen LogP contribution in [-0.4, -0.2) is 34.6 Å². The summed E-state index contributed by atoms with van der Waals surface area (Å²) in [6.45, 7) is 1.75. The highest BCUT2D eigenvalue weighted by molar-refractivity contribution is 5.97. The van der Waals surface area contributed by atoms with Crippen molar-refractivity contribution in [2.24, 2.45) is 4.99 Å². The van der Waals surface area contributed by atoms with Gasteiger partial charge in [-0.05, 0) is 86.7 Å². The summed E-state index contributed by atoms with van der Waals surface area (Å²) in [6.07, 6.45) is 6.39. The van der Waals surface area contributed by atoms with Crippen LogP contribution in [0.2, 0.25) is 0 Å². The average Bonchev–Trinajstić information content (AvgIpc) is 3.38. The zero-order valence-electron chi connectivity index (χ0n) is 23.3. The Morgan fingerprint density at radius 2 is 1.90 bits per heavy atom. The van der Waals surface area contributed by atoms with E-state index in [9.17, 15) is 14.9 Å². The third-order valence-corrected chi connectivity index (χ3v) is 7.92. The summed E-state index contributed by atoms with van der Waals surface area (Å²) in [5.41, 5.74) is 5.12. The van der Waals surface area contributed by atoms with Crippen LogP contribution in [0.3, 0.4) is 0 Å². The fourth-order valence-corrected chi connectivity index (χ4v) is 5.70. The molecule has 6 rings (SSSR count). The predicted molar refractivity (Wildman–Crippen MR) is 160 cm³/mol. The van der Waals surface area contributed by atoms with Gasteiger partial charge in [0.2, 0.25) is 5.91 Å². The van der Waals surface area contributed by atoms with E-state index in [1.165, 1.54) is 11.1 Å². The molecule has 4 aromatic rings. The fraction of sp³-hybridized carbons (Fsp3) is 0.303. The van der Waals surface area contributed by atoms with Crippen LogP contribution in [0.5, 0.6) is 5.75 Å². The van der Waals surface area contributed by atoms with Gasteiger partial charge in [0.05, 0.1) is 34.5 Å². The molecule has 1 aliphatic heterocycles. The summed E-state index contributed by atoms with van der Waals surface area (Å²) in [6, 6.07) is 20.5. The number of aromatic nitrogens is 2. The Labute approximate surface area is 238 Å². The minimum atomic E-state index is -0.367. The van der Waals surface area contributed by atoms with Crippen LogP contribution < -0.4 is 15.2 Å². The molecule has 0 bridgehead atoms. The van der Waals surface area contributed by atoms with Crippen molar-refractivity contribution in [2.75, 3.05) is 11.9 Å². The molecule has 8 nitrogen and oxygen atoms in total. The molecule has 1 fully saturated rings. The summed E-state index contributed by atoms with van der Waals surface area (Å²) in [4.78, 5) is 33.3. The van der Waals surface area contributed by atoms with Crippen molar-refractivity contribution < 1.29 is 9.53 Å². The van der Waals surface area contributed by atoms with Crippen LogP contribution in [0.1, 0.15) is 50.2 Å². The van der Waals surface area contributed by atoms with E-state index in [1.807, 2.05) is 43.3 Å². The van der Waals surface area contributed by atoms with Crippen LogP contribution in [0.15, 0.2) is 70.5 Å². The van der Waals surface area contributed by atoms with Gasteiger partial charge in [0.15, 0.2) is 0 Å². The zero-order valence-corrected chi connectivity index (χ0v) is 23.3. The van der Waals surface area contributed by atoms with Crippen LogP contribution in [0.25, 0.3) is 22.0 Å². The second kappa shape index (κ2) is 11.0. The van der Waals surface area contributed by atoms with Gasteiger partial charge in [0, 0.05) is 35.8 Å². The van der Waals surface area contributed by atoms with Gasteiger partial charge in [0.1, 0.15) is 12.3 Å². The number of fused-ring (bicyclic) bond motifs is 2. The molecule has 1 saturated carbocycles. The van der Waals surface area contributed by atoms with Crippen LogP contribution in [-0.2, 0) is 17.8 Å². The van der Waals surface area contributed by atoms with Crippen molar-refractivity contribution in [1.29, 1.82) is 5.26 Å². The fourth-order valence-electron chi connectivity index (χ4n) is 5.70. The SMILES string of the molecule is CC1=Nc2ccc(N(C)C(=O)Cn3nc(-c4cccc(C#N)c4)c4ccc(OC5CCCCC5)cc4c3=O)cc2C1. The van der Waals surface area contributed by atoms with Gasteiger partial charge in [-0.1, -0.05) is 18.6 Å². The Morgan fingerprint density at radius 3 is 2.71 bits per heavy atom. The molecule has 2 heterocycles. The topological polar surface area (TPSA) is 101 Å². The van der Waals surface area contributed by atoms with E-state index in [0.29, 0.717) is 33.3 Å².